The van der Waals surface area contributed by atoms with E-state index in [-0.39, 0.29) is 23.6 Å². The summed E-state index contributed by atoms with van der Waals surface area (Å²) in [5.74, 6) is -1.64. The van der Waals surface area contributed by atoms with E-state index in [2.05, 4.69) is 4.98 Å². The van der Waals surface area contributed by atoms with E-state index in [1.54, 1.807) is 13.8 Å². The van der Waals surface area contributed by atoms with Gasteiger partial charge in [-0.25, -0.2) is 4.98 Å². The zero-order valence-electron chi connectivity index (χ0n) is 21.4. The molecule has 3 rings (SSSR count). The van der Waals surface area contributed by atoms with Gasteiger partial charge in [0.2, 0.25) is 5.75 Å². The first-order valence-corrected chi connectivity index (χ1v) is 12.0. The van der Waals surface area contributed by atoms with Crippen molar-refractivity contribution in [2.24, 2.45) is 5.92 Å². The van der Waals surface area contributed by atoms with Gasteiger partial charge in [0.05, 0.1) is 13.0 Å². The lowest BCUT2D eigenvalue weighted by Gasteiger charge is -2.26. The summed E-state index contributed by atoms with van der Waals surface area (Å²) in [7, 11) is 1.39. The number of methoxy groups -OCH3 is 1. The summed E-state index contributed by atoms with van der Waals surface area (Å²) in [6, 6.07) is 20.6. The summed E-state index contributed by atoms with van der Waals surface area (Å²) >= 11 is 0. The van der Waals surface area contributed by atoms with Crippen molar-refractivity contribution in [3.63, 3.8) is 0 Å². The van der Waals surface area contributed by atoms with Gasteiger partial charge in [-0.2, -0.15) is 0 Å². The molecule has 0 fully saturated rings. The monoisotopic (exact) mass is 505 g/mol. The van der Waals surface area contributed by atoms with Gasteiger partial charge in [-0.15, -0.1) is 0 Å². The van der Waals surface area contributed by atoms with Crippen LogP contribution in [0.1, 0.15) is 43.2 Å². The average molecular weight is 506 g/mol. The van der Waals surface area contributed by atoms with Gasteiger partial charge in [0, 0.05) is 32.0 Å². The van der Waals surface area contributed by atoms with Crippen LogP contribution in [0.25, 0.3) is 0 Å². The first-order valence-electron chi connectivity index (χ1n) is 12.0. The first-order chi connectivity index (χ1) is 17.8. The van der Waals surface area contributed by atoms with Crippen LogP contribution in [0.5, 0.6) is 17.2 Å². The maximum Gasteiger partial charge on any atom is 0.309 e. The van der Waals surface area contributed by atoms with Crippen molar-refractivity contribution in [2.45, 2.75) is 45.8 Å². The number of ketones is 1. The van der Waals surface area contributed by atoms with E-state index in [0.717, 1.165) is 5.56 Å². The Balaban J connectivity index is 1.70. The molecule has 3 atom stereocenters. The van der Waals surface area contributed by atoms with Crippen LogP contribution in [-0.2, 0) is 20.7 Å². The lowest BCUT2D eigenvalue weighted by Crippen LogP contribution is -2.37. The fourth-order valence-electron chi connectivity index (χ4n) is 3.69. The highest BCUT2D eigenvalue weighted by molar-refractivity contribution is 5.99. The Morgan fingerprint density at radius 2 is 1.57 bits per heavy atom. The zero-order chi connectivity index (χ0) is 26.8. The van der Waals surface area contributed by atoms with E-state index in [0.29, 0.717) is 12.2 Å². The Morgan fingerprint density at radius 1 is 0.919 bits per heavy atom. The SMILES string of the molecule is COc1ccnc(C(=O)C[C@@H](C)C(=O)O[C@@H](C)[C@@H](Cc2ccccc2)Oc2ccccc2)c1OC(C)=O. The topological polar surface area (TPSA) is 101 Å². The fraction of sp³-hybridized carbons (Fsp3) is 0.310. The Bertz CT molecular complexity index is 1160. The predicted octanol–water partition coefficient (Wildman–Crippen LogP) is 4.85. The second-order valence-electron chi connectivity index (χ2n) is 8.61. The third-order valence-corrected chi connectivity index (χ3v) is 5.63. The minimum absolute atomic E-state index is 0.0735. The molecule has 8 nitrogen and oxygen atoms in total. The lowest BCUT2D eigenvalue weighted by atomic mass is 10.0. The molecule has 194 valence electrons. The van der Waals surface area contributed by atoms with E-state index in [4.69, 9.17) is 18.9 Å². The third kappa shape index (κ3) is 7.90. The number of Topliss-reactive ketones (excluding diaryl/α,β-unsaturated/α-hetero) is 1. The number of esters is 2. The molecule has 0 bridgehead atoms. The number of hydrogen-bond acceptors (Lipinski definition) is 8. The van der Waals surface area contributed by atoms with Crippen molar-refractivity contribution in [3.05, 3.63) is 84.2 Å². The molecule has 8 heteroatoms. The molecular formula is C29H31NO7. The predicted molar refractivity (Wildman–Crippen MR) is 137 cm³/mol. The maximum atomic E-state index is 13.0. The van der Waals surface area contributed by atoms with Crippen LogP contribution in [0, 0.1) is 5.92 Å². The number of carbonyl (C=O) groups excluding carboxylic acids is 3. The first kappa shape index (κ1) is 27.4. The Kier molecular flexibility index (Phi) is 9.77. The molecule has 0 aliphatic rings. The molecule has 0 saturated carbocycles. The molecule has 0 aliphatic carbocycles. The largest absolute Gasteiger partial charge is 0.493 e. The van der Waals surface area contributed by atoms with Gasteiger partial charge in [0.15, 0.2) is 17.2 Å². The summed E-state index contributed by atoms with van der Waals surface area (Å²) in [5, 5.41) is 0. The van der Waals surface area contributed by atoms with E-state index < -0.39 is 35.8 Å². The van der Waals surface area contributed by atoms with Crippen LogP contribution >= 0.6 is 0 Å². The van der Waals surface area contributed by atoms with Gasteiger partial charge < -0.3 is 18.9 Å². The molecule has 0 aliphatic heterocycles. The molecule has 1 heterocycles. The average Bonchev–Trinajstić information content (AvgIpc) is 2.89. The number of para-hydroxylation sites is 1. The number of hydrogen-bond donors (Lipinski definition) is 0. The van der Waals surface area contributed by atoms with E-state index in [1.807, 2.05) is 60.7 Å². The molecule has 0 N–H and O–H groups in total. The van der Waals surface area contributed by atoms with E-state index >= 15 is 0 Å². The van der Waals surface area contributed by atoms with Crippen molar-refractivity contribution in [2.75, 3.05) is 7.11 Å². The van der Waals surface area contributed by atoms with Crippen molar-refractivity contribution in [1.29, 1.82) is 0 Å². The molecular weight excluding hydrogens is 474 g/mol. The fourth-order valence-corrected chi connectivity index (χ4v) is 3.69. The highest BCUT2D eigenvalue weighted by Gasteiger charge is 2.29. The van der Waals surface area contributed by atoms with Gasteiger partial charge in [0.1, 0.15) is 18.0 Å². The van der Waals surface area contributed by atoms with Crippen molar-refractivity contribution in [3.8, 4) is 17.2 Å². The number of ether oxygens (including phenoxy) is 4. The van der Waals surface area contributed by atoms with Crippen LogP contribution in [0.15, 0.2) is 72.9 Å². The minimum Gasteiger partial charge on any atom is -0.493 e. The smallest absolute Gasteiger partial charge is 0.309 e. The van der Waals surface area contributed by atoms with Crippen molar-refractivity contribution < 1.29 is 33.3 Å². The number of nitrogens with zero attached hydrogens (tertiary/aromatic N) is 1. The van der Waals surface area contributed by atoms with Gasteiger partial charge in [-0.05, 0) is 24.6 Å². The number of benzene rings is 2. The Labute approximate surface area is 216 Å². The molecule has 1 aromatic heterocycles. The molecule has 0 saturated heterocycles. The summed E-state index contributed by atoms with van der Waals surface area (Å²) in [6.45, 7) is 4.58. The van der Waals surface area contributed by atoms with Crippen LogP contribution in [0.4, 0.5) is 0 Å². The summed E-state index contributed by atoms with van der Waals surface area (Å²) in [6.07, 6.45) is 0.656. The standard InChI is InChI=1S/C29H31NO7/c1-19(17-24(32)27-28(36-21(3)31)25(34-4)15-16-30-27)29(33)35-20(2)26(18-22-11-7-5-8-12-22)37-23-13-9-6-10-14-23/h5-16,19-20,26H,17-18H2,1-4H3/t19-,20+,26-/m1/s1. The highest BCUT2D eigenvalue weighted by Crippen LogP contribution is 2.31. The number of rotatable bonds is 12. The second-order valence-corrected chi connectivity index (χ2v) is 8.61. The molecule has 2 aromatic carbocycles. The lowest BCUT2D eigenvalue weighted by molar-refractivity contribution is -0.157. The van der Waals surface area contributed by atoms with Crippen molar-refractivity contribution in [1.82, 2.24) is 4.98 Å². The minimum atomic E-state index is -0.776. The summed E-state index contributed by atoms with van der Waals surface area (Å²) in [5.41, 5.74) is 0.952. The van der Waals surface area contributed by atoms with Crippen molar-refractivity contribution >= 4 is 17.7 Å². The quantitative estimate of drug-likeness (QED) is 0.254. The maximum absolute atomic E-state index is 13.0. The summed E-state index contributed by atoms with van der Waals surface area (Å²) < 4.78 is 22.3. The van der Waals surface area contributed by atoms with Gasteiger partial charge in [-0.1, -0.05) is 55.5 Å². The van der Waals surface area contributed by atoms with Gasteiger partial charge in [-0.3, -0.25) is 14.4 Å². The summed E-state index contributed by atoms with van der Waals surface area (Å²) in [4.78, 5) is 41.5. The molecule has 3 aromatic rings. The number of aromatic nitrogens is 1. The Morgan fingerprint density at radius 3 is 2.19 bits per heavy atom. The zero-order valence-corrected chi connectivity index (χ0v) is 21.4. The Hall–Kier alpha value is -4.20. The van der Waals surface area contributed by atoms with Crippen LogP contribution in [0.3, 0.4) is 0 Å². The van der Waals surface area contributed by atoms with Gasteiger partial charge >= 0.3 is 11.9 Å². The second kappa shape index (κ2) is 13.2. The van der Waals surface area contributed by atoms with Crippen LogP contribution in [-0.4, -0.2) is 42.0 Å². The van der Waals surface area contributed by atoms with E-state index in [1.165, 1.54) is 26.3 Å². The molecule has 0 unspecified atom stereocenters. The molecule has 0 spiro atoms. The number of pyridine rings is 1. The van der Waals surface area contributed by atoms with Crippen LogP contribution < -0.4 is 14.2 Å². The molecule has 37 heavy (non-hydrogen) atoms. The highest BCUT2D eigenvalue weighted by atomic mass is 16.6. The molecule has 0 radical (unpaired) electrons. The molecule has 0 amide bonds. The number of carbonyl (C=O) groups is 3. The normalized spacial score (nSPS) is 13.1. The third-order valence-electron chi connectivity index (χ3n) is 5.63. The van der Waals surface area contributed by atoms with E-state index in [9.17, 15) is 14.4 Å². The van der Waals surface area contributed by atoms with Gasteiger partial charge in [0.25, 0.3) is 0 Å². The van der Waals surface area contributed by atoms with Crippen LogP contribution in [0.2, 0.25) is 0 Å².